The second kappa shape index (κ2) is 10.6. The molecule has 0 atom stereocenters. The smallest absolute Gasteiger partial charge is 0.317 e. The third kappa shape index (κ3) is 5.35. The Labute approximate surface area is 187 Å². The van der Waals surface area contributed by atoms with Gasteiger partial charge in [0.15, 0.2) is 11.5 Å². The number of nitrogens with zero attached hydrogens (tertiary/aromatic N) is 1. The minimum atomic E-state index is -0.227. The van der Waals surface area contributed by atoms with E-state index in [1.165, 1.54) is 7.11 Å². The molecule has 1 heterocycles. The van der Waals surface area contributed by atoms with Gasteiger partial charge in [0, 0.05) is 32.1 Å². The summed E-state index contributed by atoms with van der Waals surface area (Å²) in [5.74, 6) is 2.23. The van der Waals surface area contributed by atoms with Crippen LogP contribution < -0.4 is 29.6 Å². The lowest BCUT2D eigenvalue weighted by atomic mass is 9.99. The quantitative estimate of drug-likeness (QED) is 0.651. The van der Waals surface area contributed by atoms with Gasteiger partial charge in [-0.3, -0.25) is 4.79 Å². The van der Waals surface area contributed by atoms with Gasteiger partial charge in [0.05, 0.1) is 34.1 Å². The maximum absolute atomic E-state index is 12.6. The number of urea groups is 1. The van der Waals surface area contributed by atoms with Crippen LogP contribution in [-0.2, 0) is 17.8 Å². The van der Waals surface area contributed by atoms with Crippen LogP contribution >= 0.6 is 0 Å². The number of rotatable bonds is 8. The van der Waals surface area contributed by atoms with Gasteiger partial charge < -0.3 is 34.5 Å². The average molecular weight is 444 g/mol. The van der Waals surface area contributed by atoms with Crippen molar-refractivity contribution in [3.8, 4) is 23.0 Å². The third-order valence-corrected chi connectivity index (χ3v) is 5.32. The van der Waals surface area contributed by atoms with Crippen LogP contribution in [0.25, 0.3) is 0 Å². The lowest BCUT2D eigenvalue weighted by Crippen LogP contribution is -2.43. The van der Waals surface area contributed by atoms with Crippen LogP contribution in [0.3, 0.4) is 0 Å². The molecule has 0 spiro atoms. The number of benzene rings is 2. The Bertz CT molecular complexity index is 978. The van der Waals surface area contributed by atoms with Gasteiger partial charge in [-0.1, -0.05) is 0 Å². The fourth-order valence-electron chi connectivity index (χ4n) is 3.57. The maximum atomic E-state index is 12.6. The summed E-state index contributed by atoms with van der Waals surface area (Å²) in [6, 6.07) is 8.79. The Morgan fingerprint density at radius 3 is 2.25 bits per heavy atom. The molecule has 3 amide bonds. The first-order valence-corrected chi connectivity index (χ1v) is 10.3. The van der Waals surface area contributed by atoms with Crippen molar-refractivity contribution >= 4 is 17.6 Å². The van der Waals surface area contributed by atoms with Crippen molar-refractivity contribution in [3.63, 3.8) is 0 Å². The summed E-state index contributed by atoms with van der Waals surface area (Å²) in [7, 11) is 6.27. The molecule has 2 N–H and O–H groups in total. The minimum Gasteiger partial charge on any atom is -0.497 e. The summed E-state index contributed by atoms with van der Waals surface area (Å²) >= 11 is 0. The van der Waals surface area contributed by atoms with Crippen molar-refractivity contribution < 1.29 is 28.5 Å². The molecule has 0 unspecified atom stereocenters. The van der Waals surface area contributed by atoms with Crippen LogP contribution in [0, 0.1) is 0 Å². The summed E-state index contributed by atoms with van der Waals surface area (Å²) in [6.45, 7) is 1.28. The SMILES string of the molecule is COc1ccc(NC(=O)CCNC(=O)N2CCc3cc(OC)c(OC)cc3C2)c(OC)c1. The molecular weight excluding hydrogens is 414 g/mol. The van der Waals surface area contributed by atoms with E-state index in [-0.39, 0.29) is 24.9 Å². The minimum absolute atomic E-state index is 0.135. The van der Waals surface area contributed by atoms with E-state index in [9.17, 15) is 9.59 Å². The zero-order valence-electron chi connectivity index (χ0n) is 18.8. The van der Waals surface area contributed by atoms with Gasteiger partial charge in [-0.15, -0.1) is 0 Å². The Morgan fingerprint density at radius 2 is 1.59 bits per heavy atom. The van der Waals surface area contributed by atoms with Crippen molar-refractivity contribution in [3.05, 3.63) is 41.5 Å². The van der Waals surface area contributed by atoms with E-state index < -0.39 is 0 Å². The first-order valence-electron chi connectivity index (χ1n) is 10.3. The average Bonchev–Trinajstić information content (AvgIpc) is 2.82. The molecule has 3 rings (SSSR count). The highest BCUT2D eigenvalue weighted by molar-refractivity contribution is 5.92. The van der Waals surface area contributed by atoms with E-state index in [0.717, 1.165) is 17.5 Å². The van der Waals surface area contributed by atoms with Gasteiger partial charge in [-0.2, -0.15) is 0 Å². The lowest BCUT2D eigenvalue weighted by Gasteiger charge is -2.29. The second-order valence-electron chi connectivity index (χ2n) is 7.24. The lowest BCUT2D eigenvalue weighted by molar-refractivity contribution is -0.116. The largest absolute Gasteiger partial charge is 0.497 e. The summed E-state index contributed by atoms with van der Waals surface area (Å²) in [6.07, 6.45) is 0.858. The molecular formula is C23H29N3O6. The van der Waals surface area contributed by atoms with Crippen molar-refractivity contribution in [1.82, 2.24) is 10.2 Å². The Balaban J connectivity index is 1.51. The van der Waals surface area contributed by atoms with Crippen molar-refractivity contribution in [1.29, 1.82) is 0 Å². The van der Waals surface area contributed by atoms with Crippen LogP contribution in [-0.4, -0.2) is 58.4 Å². The summed E-state index contributed by atoms with van der Waals surface area (Å²) in [4.78, 5) is 26.6. The van der Waals surface area contributed by atoms with E-state index in [4.69, 9.17) is 18.9 Å². The van der Waals surface area contributed by atoms with Crippen LogP contribution in [0.2, 0.25) is 0 Å². The number of amides is 3. The fraction of sp³-hybridized carbons (Fsp3) is 0.391. The zero-order chi connectivity index (χ0) is 23.1. The monoisotopic (exact) mass is 443 g/mol. The van der Waals surface area contributed by atoms with Gasteiger partial charge in [-0.05, 0) is 41.8 Å². The van der Waals surface area contributed by atoms with Crippen molar-refractivity contribution in [2.24, 2.45) is 0 Å². The topological polar surface area (TPSA) is 98.4 Å². The molecule has 2 aromatic carbocycles. The molecule has 9 heteroatoms. The summed E-state index contributed by atoms with van der Waals surface area (Å²) in [5, 5.41) is 5.61. The Kier molecular flexibility index (Phi) is 7.64. The molecule has 0 aliphatic carbocycles. The first-order chi connectivity index (χ1) is 15.5. The predicted molar refractivity (Wildman–Crippen MR) is 120 cm³/mol. The van der Waals surface area contributed by atoms with Crippen molar-refractivity contribution in [2.75, 3.05) is 46.8 Å². The molecule has 9 nitrogen and oxygen atoms in total. The highest BCUT2D eigenvalue weighted by Crippen LogP contribution is 2.33. The van der Waals surface area contributed by atoms with Crippen LogP contribution in [0.5, 0.6) is 23.0 Å². The number of hydrogen-bond acceptors (Lipinski definition) is 6. The molecule has 1 aliphatic rings. The van der Waals surface area contributed by atoms with Gasteiger partial charge in [0.1, 0.15) is 11.5 Å². The third-order valence-electron chi connectivity index (χ3n) is 5.32. The highest BCUT2D eigenvalue weighted by atomic mass is 16.5. The standard InChI is InChI=1S/C23H29N3O6/c1-29-17-5-6-18(19(13-17)30-2)25-22(27)7-9-24-23(28)26-10-8-15-11-20(31-3)21(32-4)12-16(15)14-26/h5-6,11-13H,7-10,14H2,1-4H3,(H,24,28)(H,25,27). The van der Waals surface area contributed by atoms with Gasteiger partial charge >= 0.3 is 6.03 Å². The molecule has 2 aromatic rings. The van der Waals surface area contributed by atoms with Gasteiger partial charge in [0.25, 0.3) is 0 Å². The maximum Gasteiger partial charge on any atom is 0.317 e. The highest BCUT2D eigenvalue weighted by Gasteiger charge is 2.23. The van der Waals surface area contributed by atoms with E-state index >= 15 is 0 Å². The van der Waals surface area contributed by atoms with E-state index in [0.29, 0.717) is 41.8 Å². The van der Waals surface area contributed by atoms with E-state index in [2.05, 4.69) is 10.6 Å². The predicted octanol–water partition coefficient (Wildman–Crippen LogP) is 2.82. The molecule has 1 aliphatic heterocycles. The van der Waals surface area contributed by atoms with Gasteiger partial charge in [0.2, 0.25) is 5.91 Å². The first kappa shape index (κ1) is 23.1. The van der Waals surface area contributed by atoms with Crippen LogP contribution in [0.4, 0.5) is 10.5 Å². The molecule has 0 fully saturated rings. The number of methoxy groups -OCH3 is 4. The zero-order valence-corrected chi connectivity index (χ0v) is 18.8. The normalized spacial score (nSPS) is 12.4. The number of nitrogens with one attached hydrogen (secondary N) is 2. The summed E-state index contributed by atoms with van der Waals surface area (Å²) in [5.41, 5.74) is 2.70. The molecule has 32 heavy (non-hydrogen) atoms. The molecule has 0 radical (unpaired) electrons. The van der Waals surface area contributed by atoms with Crippen LogP contribution in [0.15, 0.2) is 30.3 Å². The molecule has 0 aromatic heterocycles. The van der Waals surface area contributed by atoms with Gasteiger partial charge in [-0.25, -0.2) is 4.79 Å². The fourth-order valence-corrected chi connectivity index (χ4v) is 3.57. The molecule has 172 valence electrons. The summed E-state index contributed by atoms with van der Waals surface area (Å²) < 4.78 is 21.2. The van der Waals surface area contributed by atoms with E-state index in [1.807, 2.05) is 12.1 Å². The van der Waals surface area contributed by atoms with Crippen molar-refractivity contribution in [2.45, 2.75) is 19.4 Å². The number of ether oxygens (including phenoxy) is 4. The molecule has 0 bridgehead atoms. The number of fused-ring (bicyclic) bond motifs is 1. The van der Waals surface area contributed by atoms with E-state index in [1.54, 1.807) is 44.4 Å². The number of anilines is 1. The molecule has 0 saturated carbocycles. The number of carbonyl (C=O) groups is 2. The Morgan fingerprint density at radius 1 is 0.906 bits per heavy atom. The molecule has 0 saturated heterocycles. The number of hydrogen-bond donors (Lipinski definition) is 2. The van der Waals surface area contributed by atoms with Crippen LogP contribution in [0.1, 0.15) is 17.5 Å². The Hall–Kier alpha value is -3.62. The number of carbonyl (C=O) groups excluding carboxylic acids is 2. The second-order valence-corrected chi connectivity index (χ2v) is 7.24.